The molecule has 0 fully saturated rings. The topological polar surface area (TPSA) is 68.0 Å². The van der Waals surface area contributed by atoms with Gasteiger partial charge < -0.3 is 14.6 Å². The summed E-state index contributed by atoms with van der Waals surface area (Å²) in [7, 11) is 0. The molecule has 0 saturated heterocycles. The first-order valence-corrected chi connectivity index (χ1v) is 7.83. The number of carbonyl (C=O) groups excluding carboxylic acids is 1. The maximum Gasteiger partial charge on any atom is 0.268 e. The number of aromatic nitrogens is 2. The van der Waals surface area contributed by atoms with Gasteiger partial charge in [0.25, 0.3) is 5.91 Å². The number of fused-ring (bicyclic) bond motifs is 1. The Morgan fingerprint density at radius 3 is 3.04 bits per heavy atom. The SMILES string of the molecule is Cc1cn2cc(NC(=O)[C@@H]3CC(c4cccc(F)c4)=NO3)ccc2n1. The standard InChI is InChI=1S/C18H15FN4O2/c1-11-9-23-10-14(5-6-17(23)20-11)21-18(24)16-8-15(22-25-16)12-3-2-4-13(19)7-12/h2-7,9-10,16H,8H2,1H3,(H,21,24)/t16-/m0/s1. The van der Waals surface area contributed by atoms with E-state index in [-0.39, 0.29) is 11.7 Å². The molecule has 25 heavy (non-hydrogen) atoms. The molecule has 0 saturated carbocycles. The normalized spacial score (nSPS) is 16.6. The van der Waals surface area contributed by atoms with Crippen LogP contribution < -0.4 is 5.32 Å². The van der Waals surface area contributed by atoms with Crippen molar-refractivity contribution in [1.29, 1.82) is 0 Å². The van der Waals surface area contributed by atoms with E-state index in [2.05, 4.69) is 15.5 Å². The van der Waals surface area contributed by atoms with Gasteiger partial charge in [0.1, 0.15) is 11.5 Å². The van der Waals surface area contributed by atoms with Crippen LogP contribution in [0.4, 0.5) is 10.1 Å². The van der Waals surface area contributed by atoms with Crippen LogP contribution in [0.25, 0.3) is 5.65 Å². The summed E-state index contributed by atoms with van der Waals surface area (Å²) in [6.45, 7) is 1.91. The van der Waals surface area contributed by atoms with Crippen molar-refractivity contribution < 1.29 is 14.0 Å². The monoisotopic (exact) mass is 338 g/mol. The van der Waals surface area contributed by atoms with E-state index in [4.69, 9.17) is 4.84 Å². The molecule has 1 amide bonds. The van der Waals surface area contributed by atoms with Gasteiger partial charge in [-0.2, -0.15) is 0 Å². The predicted octanol–water partition coefficient (Wildman–Crippen LogP) is 2.91. The lowest BCUT2D eigenvalue weighted by Crippen LogP contribution is -2.28. The third-order valence-corrected chi connectivity index (χ3v) is 3.96. The second-order valence-corrected chi connectivity index (χ2v) is 5.90. The Bertz CT molecular complexity index is 996. The van der Waals surface area contributed by atoms with E-state index in [1.54, 1.807) is 24.4 Å². The van der Waals surface area contributed by atoms with Crippen LogP contribution in [0.2, 0.25) is 0 Å². The smallest absolute Gasteiger partial charge is 0.268 e. The fourth-order valence-electron chi connectivity index (χ4n) is 2.77. The molecular formula is C18H15FN4O2. The lowest BCUT2D eigenvalue weighted by molar-refractivity contribution is -0.125. The lowest BCUT2D eigenvalue weighted by Gasteiger charge is -2.09. The Morgan fingerprint density at radius 1 is 1.32 bits per heavy atom. The number of halogens is 1. The van der Waals surface area contributed by atoms with E-state index < -0.39 is 6.10 Å². The van der Waals surface area contributed by atoms with Crippen molar-refractivity contribution in [2.24, 2.45) is 5.16 Å². The van der Waals surface area contributed by atoms with Gasteiger partial charge in [0.2, 0.25) is 6.10 Å². The summed E-state index contributed by atoms with van der Waals surface area (Å²) >= 11 is 0. The molecule has 1 aliphatic rings. The van der Waals surface area contributed by atoms with Crippen molar-refractivity contribution in [1.82, 2.24) is 9.38 Å². The number of imidazole rings is 1. The first kappa shape index (κ1) is 15.3. The molecule has 0 bridgehead atoms. The van der Waals surface area contributed by atoms with Crippen LogP contribution in [0.5, 0.6) is 0 Å². The van der Waals surface area contributed by atoms with Gasteiger partial charge in [-0.1, -0.05) is 17.3 Å². The molecule has 7 heteroatoms. The van der Waals surface area contributed by atoms with Crippen LogP contribution in [0, 0.1) is 12.7 Å². The number of hydrogen-bond acceptors (Lipinski definition) is 4. The van der Waals surface area contributed by atoms with Crippen LogP contribution >= 0.6 is 0 Å². The van der Waals surface area contributed by atoms with Crippen LogP contribution in [-0.4, -0.2) is 27.1 Å². The fraction of sp³-hybridized carbons (Fsp3) is 0.167. The molecule has 0 spiro atoms. The van der Waals surface area contributed by atoms with Gasteiger partial charge in [0.15, 0.2) is 0 Å². The number of benzene rings is 1. The highest BCUT2D eigenvalue weighted by Crippen LogP contribution is 2.19. The molecule has 6 nitrogen and oxygen atoms in total. The van der Waals surface area contributed by atoms with E-state index in [9.17, 15) is 9.18 Å². The molecule has 1 aromatic carbocycles. The van der Waals surface area contributed by atoms with Crippen LogP contribution in [0.1, 0.15) is 17.7 Å². The Hall–Kier alpha value is -3.22. The fourth-order valence-corrected chi connectivity index (χ4v) is 2.77. The minimum Gasteiger partial charge on any atom is -0.382 e. The largest absolute Gasteiger partial charge is 0.382 e. The number of pyridine rings is 1. The molecule has 0 radical (unpaired) electrons. The number of nitrogens with zero attached hydrogens (tertiary/aromatic N) is 3. The Kier molecular flexibility index (Phi) is 3.68. The number of rotatable bonds is 3. The number of nitrogens with one attached hydrogen (secondary N) is 1. The van der Waals surface area contributed by atoms with E-state index in [1.165, 1.54) is 12.1 Å². The van der Waals surface area contributed by atoms with Crippen LogP contribution in [0.15, 0.2) is 53.9 Å². The predicted molar refractivity (Wildman–Crippen MR) is 91.0 cm³/mol. The quantitative estimate of drug-likeness (QED) is 0.798. The molecule has 1 N–H and O–H groups in total. The minimum absolute atomic E-state index is 0.293. The van der Waals surface area contributed by atoms with Crippen molar-refractivity contribution in [3.05, 3.63) is 65.9 Å². The van der Waals surface area contributed by atoms with Gasteiger partial charge in [-0.15, -0.1) is 0 Å². The van der Waals surface area contributed by atoms with Crippen molar-refractivity contribution in [2.75, 3.05) is 5.32 Å². The number of oxime groups is 1. The third kappa shape index (κ3) is 3.08. The molecular weight excluding hydrogens is 323 g/mol. The molecule has 126 valence electrons. The van der Waals surface area contributed by atoms with Gasteiger partial charge in [-0.3, -0.25) is 4.79 Å². The van der Waals surface area contributed by atoms with Crippen LogP contribution in [-0.2, 0) is 9.63 Å². The zero-order valence-electron chi connectivity index (χ0n) is 13.4. The lowest BCUT2D eigenvalue weighted by atomic mass is 10.0. The Morgan fingerprint density at radius 2 is 2.20 bits per heavy atom. The first-order chi connectivity index (χ1) is 12.1. The molecule has 3 heterocycles. The van der Waals surface area contributed by atoms with Gasteiger partial charge >= 0.3 is 0 Å². The van der Waals surface area contributed by atoms with Crippen molar-refractivity contribution in [2.45, 2.75) is 19.4 Å². The number of amides is 1. The average Bonchev–Trinajstić information content (AvgIpc) is 3.20. The average molecular weight is 338 g/mol. The molecule has 3 aromatic rings. The highest BCUT2D eigenvalue weighted by molar-refractivity contribution is 6.06. The third-order valence-electron chi connectivity index (χ3n) is 3.96. The zero-order chi connectivity index (χ0) is 17.4. The maximum absolute atomic E-state index is 13.3. The summed E-state index contributed by atoms with van der Waals surface area (Å²) in [5, 5.41) is 6.73. The first-order valence-electron chi connectivity index (χ1n) is 7.83. The van der Waals surface area contributed by atoms with E-state index in [0.717, 1.165) is 11.3 Å². The molecule has 4 rings (SSSR count). The second kappa shape index (κ2) is 6.01. The molecule has 0 aliphatic carbocycles. The van der Waals surface area contributed by atoms with Crippen molar-refractivity contribution in [3.8, 4) is 0 Å². The van der Waals surface area contributed by atoms with E-state index >= 15 is 0 Å². The van der Waals surface area contributed by atoms with Gasteiger partial charge in [-0.25, -0.2) is 9.37 Å². The summed E-state index contributed by atoms with van der Waals surface area (Å²) in [6, 6.07) is 9.68. The molecule has 1 aliphatic heterocycles. The van der Waals surface area contributed by atoms with Gasteiger partial charge in [-0.05, 0) is 31.2 Å². The number of aryl methyl sites for hydroxylation is 1. The Labute approximate surface area is 142 Å². The summed E-state index contributed by atoms with van der Waals surface area (Å²) < 4.78 is 15.2. The van der Waals surface area contributed by atoms with Crippen molar-refractivity contribution in [3.63, 3.8) is 0 Å². The van der Waals surface area contributed by atoms with E-state index in [0.29, 0.717) is 23.4 Å². The summed E-state index contributed by atoms with van der Waals surface area (Å²) in [5.74, 6) is -0.650. The highest BCUT2D eigenvalue weighted by atomic mass is 19.1. The highest BCUT2D eigenvalue weighted by Gasteiger charge is 2.29. The molecule has 0 unspecified atom stereocenters. The summed E-state index contributed by atoms with van der Waals surface area (Å²) in [6.07, 6.45) is 3.22. The number of carbonyl (C=O) groups is 1. The van der Waals surface area contributed by atoms with Crippen molar-refractivity contribution >= 4 is 23.0 Å². The molecule has 2 aromatic heterocycles. The second-order valence-electron chi connectivity index (χ2n) is 5.90. The number of anilines is 1. The molecule has 1 atom stereocenters. The van der Waals surface area contributed by atoms with Gasteiger partial charge in [0, 0.05) is 24.4 Å². The number of hydrogen-bond donors (Lipinski definition) is 1. The summed E-state index contributed by atoms with van der Waals surface area (Å²) in [5.41, 5.74) is 3.52. The van der Waals surface area contributed by atoms with Crippen LogP contribution in [0.3, 0.4) is 0 Å². The summed E-state index contributed by atoms with van der Waals surface area (Å²) in [4.78, 5) is 21.9. The maximum atomic E-state index is 13.3. The minimum atomic E-state index is -0.738. The van der Waals surface area contributed by atoms with Gasteiger partial charge in [0.05, 0.1) is 17.1 Å². The Balaban J connectivity index is 1.45. The van der Waals surface area contributed by atoms with E-state index in [1.807, 2.05) is 23.6 Å². The zero-order valence-corrected chi connectivity index (χ0v) is 13.4.